The van der Waals surface area contributed by atoms with Crippen LogP contribution in [-0.4, -0.2) is 31.4 Å². The van der Waals surface area contributed by atoms with Crippen molar-refractivity contribution in [1.29, 1.82) is 0 Å². The Morgan fingerprint density at radius 3 is 2.59 bits per heavy atom. The maximum absolute atomic E-state index is 14.3. The van der Waals surface area contributed by atoms with Gasteiger partial charge in [-0.25, -0.2) is 14.2 Å². The highest BCUT2D eigenvalue weighted by Gasteiger charge is 2.19. The van der Waals surface area contributed by atoms with Crippen LogP contribution in [-0.2, 0) is 7.05 Å². The van der Waals surface area contributed by atoms with Crippen LogP contribution in [0.2, 0.25) is 5.02 Å². The van der Waals surface area contributed by atoms with Crippen molar-refractivity contribution in [3.8, 4) is 34.2 Å². The fourth-order valence-electron chi connectivity index (χ4n) is 4.02. The normalized spacial score (nSPS) is 11.4. The van der Waals surface area contributed by atoms with Crippen LogP contribution in [0.5, 0.6) is 5.75 Å². The molecule has 9 heteroatoms. The number of methoxy groups -OCH3 is 1. The van der Waals surface area contributed by atoms with Crippen molar-refractivity contribution >= 4 is 22.6 Å². The van der Waals surface area contributed by atoms with Gasteiger partial charge >= 0.3 is 5.69 Å². The second kappa shape index (κ2) is 8.14. The summed E-state index contributed by atoms with van der Waals surface area (Å²) in [4.78, 5) is 20.0. The van der Waals surface area contributed by atoms with Crippen molar-refractivity contribution < 1.29 is 9.13 Å². The average molecular weight is 478 g/mol. The van der Waals surface area contributed by atoms with Crippen LogP contribution in [0.1, 0.15) is 11.1 Å². The number of benzene rings is 3. The van der Waals surface area contributed by atoms with Crippen molar-refractivity contribution in [2.45, 2.75) is 13.8 Å². The van der Waals surface area contributed by atoms with Crippen LogP contribution in [0, 0.1) is 19.7 Å². The van der Waals surface area contributed by atoms with E-state index < -0.39 is 11.5 Å². The third kappa shape index (κ3) is 3.47. The predicted octanol–water partition coefficient (Wildman–Crippen LogP) is 5.20. The number of rotatable bonds is 4. The van der Waals surface area contributed by atoms with E-state index in [4.69, 9.17) is 21.3 Å². The van der Waals surface area contributed by atoms with E-state index in [1.165, 1.54) is 29.3 Å². The molecule has 1 N–H and O–H groups in total. The lowest BCUT2D eigenvalue weighted by atomic mass is 10.1. The standard InChI is InChI=1S/C25H21ClFN5O2/c1-13-10-19-20(11-14(13)2)31(3)24(28-19)16-9-8-15(12-21(16)34-4)32-25(33)29-23(30-32)22-17(26)6-5-7-18(22)27/h5-12H,1-4H3,(H,29,30,33). The van der Waals surface area contributed by atoms with E-state index in [0.717, 1.165) is 27.1 Å². The number of hydrogen-bond donors (Lipinski definition) is 1. The highest BCUT2D eigenvalue weighted by molar-refractivity contribution is 6.33. The number of ether oxygens (including phenoxy) is 1. The molecule has 0 saturated carbocycles. The van der Waals surface area contributed by atoms with Crippen LogP contribution < -0.4 is 10.4 Å². The summed E-state index contributed by atoms with van der Waals surface area (Å²) in [5.74, 6) is 0.715. The molecular formula is C25H21ClFN5O2. The molecule has 0 bridgehead atoms. The molecule has 0 saturated heterocycles. The third-order valence-electron chi connectivity index (χ3n) is 5.98. The summed E-state index contributed by atoms with van der Waals surface area (Å²) < 4.78 is 23.1. The van der Waals surface area contributed by atoms with E-state index >= 15 is 0 Å². The number of halogens is 2. The van der Waals surface area contributed by atoms with E-state index in [1.54, 1.807) is 19.2 Å². The maximum Gasteiger partial charge on any atom is 0.348 e. The molecule has 0 spiro atoms. The Morgan fingerprint density at radius 1 is 1.09 bits per heavy atom. The van der Waals surface area contributed by atoms with E-state index in [0.29, 0.717) is 11.4 Å². The van der Waals surface area contributed by atoms with Crippen LogP contribution in [0.4, 0.5) is 4.39 Å². The van der Waals surface area contributed by atoms with Crippen molar-refractivity contribution in [3.05, 3.63) is 81.0 Å². The zero-order valence-corrected chi connectivity index (χ0v) is 19.7. The van der Waals surface area contributed by atoms with Gasteiger partial charge in [0.05, 0.1) is 40.0 Å². The summed E-state index contributed by atoms with van der Waals surface area (Å²) in [6, 6.07) is 13.7. The second-order valence-electron chi connectivity index (χ2n) is 8.09. The Morgan fingerprint density at radius 2 is 1.85 bits per heavy atom. The number of H-pyrrole nitrogens is 1. The topological polar surface area (TPSA) is 77.7 Å². The molecule has 0 atom stereocenters. The fourth-order valence-corrected chi connectivity index (χ4v) is 4.27. The molecular weight excluding hydrogens is 457 g/mol. The molecule has 7 nitrogen and oxygen atoms in total. The van der Waals surface area contributed by atoms with Crippen molar-refractivity contribution in [2.75, 3.05) is 7.11 Å². The number of fused-ring (bicyclic) bond motifs is 1. The van der Waals surface area contributed by atoms with Gasteiger partial charge in [-0.2, -0.15) is 4.68 Å². The fraction of sp³-hybridized carbons (Fsp3) is 0.160. The van der Waals surface area contributed by atoms with Gasteiger partial charge < -0.3 is 9.30 Å². The molecule has 0 amide bonds. The van der Waals surface area contributed by atoms with Gasteiger partial charge in [0.2, 0.25) is 0 Å². The first-order chi connectivity index (χ1) is 16.3. The highest BCUT2D eigenvalue weighted by atomic mass is 35.5. The van der Waals surface area contributed by atoms with E-state index in [1.807, 2.05) is 17.7 Å². The summed E-state index contributed by atoms with van der Waals surface area (Å²) in [7, 11) is 3.51. The molecule has 5 rings (SSSR count). The molecule has 0 aliphatic rings. The van der Waals surface area contributed by atoms with Crippen molar-refractivity contribution in [1.82, 2.24) is 24.3 Å². The Kier molecular flexibility index (Phi) is 5.25. The second-order valence-corrected chi connectivity index (χ2v) is 8.50. The minimum absolute atomic E-state index is 0.0360. The van der Waals surface area contributed by atoms with Crippen LogP contribution in [0.25, 0.3) is 39.5 Å². The molecule has 2 aromatic heterocycles. The molecule has 172 valence electrons. The monoisotopic (exact) mass is 477 g/mol. The largest absolute Gasteiger partial charge is 0.496 e. The quantitative estimate of drug-likeness (QED) is 0.386. The van der Waals surface area contributed by atoms with Crippen LogP contribution >= 0.6 is 11.6 Å². The number of nitrogens with one attached hydrogen (secondary N) is 1. The van der Waals surface area contributed by atoms with Gasteiger partial charge in [-0.1, -0.05) is 17.7 Å². The first kappa shape index (κ1) is 21.9. The zero-order chi connectivity index (χ0) is 24.1. The van der Waals surface area contributed by atoms with E-state index in [9.17, 15) is 9.18 Å². The molecule has 0 radical (unpaired) electrons. The smallest absolute Gasteiger partial charge is 0.348 e. The van der Waals surface area contributed by atoms with Gasteiger partial charge in [-0.3, -0.25) is 4.98 Å². The van der Waals surface area contributed by atoms with E-state index in [-0.39, 0.29) is 16.4 Å². The lowest BCUT2D eigenvalue weighted by molar-refractivity contribution is 0.415. The number of nitrogens with zero attached hydrogens (tertiary/aromatic N) is 4. The SMILES string of the molecule is COc1cc(-n2nc(-c3c(F)cccc3Cl)[nH]c2=O)ccc1-c1nc2cc(C)c(C)cc2n1C. The Labute approximate surface area is 199 Å². The minimum Gasteiger partial charge on any atom is -0.496 e. The summed E-state index contributed by atoms with van der Waals surface area (Å²) in [6.45, 7) is 4.13. The third-order valence-corrected chi connectivity index (χ3v) is 6.30. The predicted molar refractivity (Wildman–Crippen MR) is 130 cm³/mol. The summed E-state index contributed by atoms with van der Waals surface area (Å²) >= 11 is 6.14. The van der Waals surface area contributed by atoms with Gasteiger partial charge in [0.1, 0.15) is 17.4 Å². The first-order valence-electron chi connectivity index (χ1n) is 10.5. The van der Waals surface area contributed by atoms with E-state index in [2.05, 4.69) is 36.1 Å². The van der Waals surface area contributed by atoms with Gasteiger partial charge in [0.15, 0.2) is 5.82 Å². The molecule has 0 unspecified atom stereocenters. The number of hydrogen-bond acceptors (Lipinski definition) is 4. The van der Waals surface area contributed by atoms with Gasteiger partial charge in [-0.15, -0.1) is 5.10 Å². The van der Waals surface area contributed by atoms with Crippen molar-refractivity contribution in [2.24, 2.45) is 7.05 Å². The van der Waals surface area contributed by atoms with Gasteiger partial charge in [-0.05, 0) is 61.4 Å². The Hall–Kier alpha value is -3.91. The maximum atomic E-state index is 14.3. The number of aromatic nitrogens is 5. The lowest BCUT2D eigenvalue weighted by Crippen LogP contribution is -2.16. The molecule has 3 aromatic carbocycles. The summed E-state index contributed by atoms with van der Waals surface area (Å²) in [5, 5.41) is 4.42. The minimum atomic E-state index is -0.575. The molecule has 0 fully saturated rings. The van der Waals surface area contributed by atoms with Crippen molar-refractivity contribution in [3.63, 3.8) is 0 Å². The Bertz CT molecular complexity index is 1610. The lowest BCUT2D eigenvalue weighted by Gasteiger charge is -2.10. The highest BCUT2D eigenvalue weighted by Crippen LogP contribution is 2.34. The summed E-state index contributed by atoms with van der Waals surface area (Å²) in [5.41, 5.74) is 4.98. The molecule has 34 heavy (non-hydrogen) atoms. The first-order valence-corrected chi connectivity index (χ1v) is 10.9. The molecule has 2 heterocycles. The number of aromatic amines is 1. The molecule has 0 aliphatic carbocycles. The molecule has 5 aromatic rings. The van der Waals surface area contributed by atoms with Crippen LogP contribution in [0.3, 0.4) is 0 Å². The van der Waals surface area contributed by atoms with Gasteiger partial charge in [0, 0.05) is 13.1 Å². The van der Waals surface area contributed by atoms with Crippen LogP contribution in [0.15, 0.2) is 53.3 Å². The van der Waals surface area contributed by atoms with Gasteiger partial charge in [0.25, 0.3) is 0 Å². The average Bonchev–Trinajstić information content (AvgIpc) is 3.33. The number of imidazole rings is 1. The zero-order valence-electron chi connectivity index (χ0n) is 19.0. The summed E-state index contributed by atoms with van der Waals surface area (Å²) in [6.07, 6.45) is 0. The molecule has 0 aliphatic heterocycles. The Balaban J connectivity index is 1.61. The number of aryl methyl sites for hydroxylation is 3.